The van der Waals surface area contributed by atoms with Crippen molar-refractivity contribution in [2.45, 2.75) is 0 Å². The summed E-state index contributed by atoms with van der Waals surface area (Å²) in [6.45, 7) is 0. The van der Waals surface area contributed by atoms with Crippen molar-refractivity contribution in [3.63, 3.8) is 0 Å². The molecule has 6 nitrogen and oxygen atoms in total. The number of fused-ring (bicyclic) bond motifs is 8. The highest BCUT2D eigenvalue weighted by Gasteiger charge is 2.20. The molecular weight excluding hydrogens is 452 g/mol. The highest BCUT2D eigenvalue weighted by molar-refractivity contribution is 7.26. The van der Waals surface area contributed by atoms with E-state index in [1.165, 1.54) is 26.5 Å². The lowest BCUT2D eigenvalue weighted by Gasteiger charge is -2.10. The van der Waals surface area contributed by atoms with Gasteiger partial charge in [-0.1, -0.05) is 48.5 Å². The first-order valence-corrected chi connectivity index (χ1v) is 12.1. The fourth-order valence-corrected chi connectivity index (χ4v) is 6.16. The Kier molecular flexibility index (Phi) is 3.72. The molecule has 0 unspecified atom stereocenters. The molecule has 0 bridgehead atoms. The van der Waals surface area contributed by atoms with Crippen LogP contribution in [0.4, 0.5) is 0 Å². The number of hydrogen-bond donors (Lipinski definition) is 0. The highest BCUT2D eigenvalue weighted by atomic mass is 32.1. The molecule has 3 aromatic carbocycles. The fourth-order valence-electron chi connectivity index (χ4n) is 5.05. The van der Waals surface area contributed by atoms with Crippen LogP contribution in [0.2, 0.25) is 0 Å². The van der Waals surface area contributed by atoms with Crippen molar-refractivity contribution in [3.05, 3.63) is 97.7 Å². The number of hydrogen-bond acceptors (Lipinski definition) is 5. The zero-order valence-corrected chi connectivity index (χ0v) is 19.1. The molecule has 0 aliphatic rings. The van der Waals surface area contributed by atoms with E-state index in [4.69, 9.17) is 4.98 Å². The smallest absolute Gasteiger partial charge is 0.182 e. The summed E-state index contributed by atoms with van der Waals surface area (Å²) in [7, 11) is 0. The molecule has 0 saturated heterocycles. The van der Waals surface area contributed by atoms with Crippen molar-refractivity contribution >= 4 is 64.6 Å². The Balaban J connectivity index is 1.59. The molecule has 5 aromatic heterocycles. The van der Waals surface area contributed by atoms with Crippen LogP contribution in [-0.4, -0.2) is 29.3 Å². The van der Waals surface area contributed by atoms with Gasteiger partial charge in [-0.25, -0.2) is 29.3 Å². The van der Waals surface area contributed by atoms with E-state index in [1.807, 2.05) is 46.7 Å². The molecule has 0 fully saturated rings. The second-order valence-corrected chi connectivity index (χ2v) is 9.58. The number of rotatable bonds is 2. The number of aromatic nitrogens is 6. The van der Waals surface area contributed by atoms with Gasteiger partial charge in [-0.05, 0) is 30.3 Å². The first-order chi connectivity index (χ1) is 17.4. The van der Waals surface area contributed by atoms with Crippen LogP contribution in [0.5, 0.6) is 0 Å². The third-order valence-electron chi connectivity index (χ3n) is 6.58. The molecule has 0 saturated carbocycles. The molecule has 0 aliphatic carbocycles. The van der Waals surface area contributed by atoms with Gasteiger partial charge in [0.25, 0.3) is 0 Å². The molecule has 0 amide bonds. The van der Waals surface area contributed by atoms with Crippen molar-refractivity contribution in [3.8, 4) is 11.3 Å². The summed E-state index contributed by atoms with van der Waals surface area (Å²) in [5.41, 5.74) is 6.62. The Hall–Kier alpha value is -4.62. The summed E-state index contributed by atoms with van der Waals surface area (Å²) < 4.78 is 6.76. The summed E-state index contributed by atoms with van der Waals surface area (Å²) >= 11 is 1.81. The summed E-state index contributed by atoms with van der Waals surface area (Å²) in [5.74, 6) is 0. The average molecular weight is 469 g/mol. The molecule has 0 atom stereocenters. The Morgan fingerprint density at radius 2 is 1.60 bits per heavy atom. The van der Waals surface area contributed by atoms with E-state index in [2.05, 4.69) is 80.3 Å². The van der Waals surface area contributed by atoms with Crippen LogP contribution in [0.15, 0.2) is 97.7 Å². The minimum Gasteiger partial charge on any atom is -0.245 e. The van der Waals surface area contributed by atoms with E-state index >= 15 is 0 Å². The van der Waals surface area contributed by atoms with Gasteiger partial charge in [0.05, 0.1) is 28.4 Å². The van der Waals surface area contributed by atoms with Crippen LogP contribution in [0, 0.1) is 0 Å². The lowest BCUT2D eigenvalue weighted by atomic mass is 10.1. The molecule has 8 rings (SSSR count). The third-order valence-corrected chi connectivity index (χ3v) is 7.71. The molecule has 0 spiro atoms. The number of imidazole rings is 1. The molecule has 35 heavy (non-hydrogen) atoms. The predicted molar refractivity (Wildman–Crippen MR) is 142 cm³/mol. The molecule has 0 radical (unpaired) electrons. The zero-order chi connectivity index (χ0) is 22.9. The van der Waals surface area contributed by atoms with Crippen LogP contribution in [0.1, 0.15) is 0 Å². The van der Waals surface area contributed by atoms with Gasteiger partial charge in [0, 0.05) is 31.1 Å². The molecular formula is C28H16N6S. The van der Waals surface area contributed by atoms with Crippen molar-refractivity contribution in [1.82, 2.24) is 29.3 Å². The molecule has 5 heterocycles. The van der Waals surface area contributed by atoms with E-state index in [-0.39, 0.29) is 0 Å². The average Bonchev–Trinajstić information content (AvgIpc) is 3.60. The number of thiophene rings is 1. The van der Waals surface area contributed by atoms with Gasteiger partial charge < -0.3 is 0 Å². The normalized spacial score (nSPS) is 12.0. The van der Waals surface area contributed by atoms with E-state index in [0.29, 0.717) is 5.65 Å². The van der Waals surface area contributed by atoms with Gasteiger partial charge in [0.1, 0.15) is 18.2 Å². The fraction of sp³-hybridized carbons (Fsp3) is 0. The van der Waals surface area contributed by atoms with Crippen LogP contribution in [0.3, 0.4) is 0 Å². The van der Waals surface area contributed by atoms with E-state index in [0.717, 1.165) is 38.7 Å². The van der Waals surface area contributed by atoms with Gasteiger partial charge in [-0.2, -0.15) is 0 Å². The van der Waals surface area contributed by atoms with E-state index < -0.39 is 0 Å². The van der Waals surface area contributed by atoms with Crippen LogP contribution >= 0.6 is 11.3 Å². The number of pyridine rings is 1. The summed E-state index contributed by atoms with van der Waals surface area (Å²) in [4.78, 5) is 18.4. The first kappa shape index (κ1) is 18.8. The molecule has 164 valence electrons. The number of benzene rings is 3. The molecule has 8 aromatic rings. The van der Waals surface area contributed by atoms with Crippen LogP contribution < -0.4 is 0 Å². The Bertz CT molecular complexity index is 2070. The maximum Gasteiger partial charge on any atom is 0.182 e. The zero-order valence-electron chi connectivity index (χ0n) is 18.3. The maximum atomic E-state index is 5.17. The summed E-state index contributed by atoms with van der Waals surface area (Å²) in [6.07, 6.45) is 5.16. The first-order valence-electron chi connectivity index (χ1n) is 11.3. The minimum atomic E-state index is 0.659. The van der Waals surface area contributed by atoms with E-state index in [1.54, 1.807) is 0 Å². The highest BCUT2D eigenvalue weighted by Crippen LogP contribution is 2.42. The SMILES string of the molecule is c1ccc(-c2ccc3c(n2)c2ccc4sc5ccccc5c4c2n3-n2cnc3ncncc32)cc1. The lowest BCUT2D eigenvalue weighted by molar-refractivity contribution is 0.737. The molecule has 7 heteroatoms. The summed E-state index contributed by atoms with van der Waals surface area (Å²) in [5, 5.41) is 3.57. The van der Waals surface area contributed by atoms with Crippen molar-refractivity contribution in [2.75, 3.05) is 0 Å². The standard InChI is InChI=1S/C28H16N6S/c1-2-6-17(7-3-1)20-11-12-21-26(32-20)19-10-13-24-25(18-8-4-5-9-23(18)35-24)27(19)34(21)33-16-31-28-22(33)14-29-15-30-28/h1-16H. The van der Waals surface area contributed by atoms with Crippen LogP contribution in [0.25, 0.3) is 64.5 Å². The van der Waals surface area contributed by atoms with Crippen LogP contribution in [-0.2, 0) is 0 Å². The van der Waals surface area contributed by atoms with Crippen molar-refractivity contribution < 1.29 is 0 Å². The Morgan fingerprint density at radius 3 is 2.54 bits per heavy atom. The van der Waals surface area contributed by atoms with Crippen molar-refractivity contribution in [2.24, 2.45) is 0 Å². The monoisotopic (exact) mass is 468 g/mol. The molecule has 0 N–H and O–H groups in total. The Morgan fingerprint density at radius 1 is 0.714 bits per heavy atom. The largest absolute Gasteiger partial charge is 0.245 e. The van der Waals surface area contributed by atoms with Gasteiger partial charge >= 0.3 is 0 Å². The minimum absolute atomic E-state index is 0.659. The predicted octanol–water partition coefficient (Wildman–Crippen LogP) is 6.68. The van der Waals surface area contributed by atoms with Gasteiger partial charge in [-0.3, -0.25) is 0 Å². The quantitative estimate of drug-likeness (QED) is 0.284. The van der Waals surface area contributed by atoms with Gasteiger partial charge in [0.2, 0.25) is 0 Å². The third kappa shape index (κ3) is 2.58. The second-order valence-electron chi connectivity index (χ2n) is 8.50. The lowest BCUT2D eigenvalue weighted by Crippen LogP contribution is -2.07. The van der Waals surface area contributed by atoms with Gasteiger partial charge in [0.15, 0.2) is 5.65 Å². The maximum absolute atomic E-state index is 5.17. The molecule has 0 aliphatic heterocycles. The number of nitrogens with zero attached hydrogens (tertiary/aromatic N) is 6. The Labute approximate surface area is 202 Å². The summed E-state index contributed by atoms with van der Waals surface area (Å²) in [6, 6.07) is 27.6. The van der Waals surface area contributed by atoms with E-state index in [9.17, 15) is 0 Å². The van der Waals surface area contributed by atoms with Crippen molar-refractivity contribution in [1.29, 1.82) is 0 Å². The van der Waals surface area contributed by atoms with Gasteiger partial charge in [-0.15, -0.1) is 11.3 Å². The topological polar surface area (TPSA) is 61.4 Å². The second kappa shape index (κ2) is 6.94.